The first-order chi connectivity index (χ1) is 7.20. The average Bonchev–Trinajstić information content (AvgIpc) is 3.00. The minimum atomic E-state index is 0.587. The lowest BCUT2D eigenvalue weighted by Gasteiger charge is -2.16. The first kappa shape index (κ1) is 11.4. The third kappa shape index (κ3) is 2.96. The molecule has 1 unspecified atom stereocenters. The summed E-state index contributed by atoms with van der Waals surface area (Å²) in [6.45, 7) is 0. The van der Waals surface area contributed by atoms with Crippen molar-refractivity contribution in [1.29, 1.82) is 0 Å². The number of benzene rings is 1. The Morgan fingerprint density at radius 2 is 2.27 bits per heavy atom. The molecule has 0 aliphatic heterocycles. The fourth-order valence-electron chi connectivity index (χ4n) is 1.93. The highest BCUT2D eigenvalue weighted by Gasteiger charge is 2.30. The van der Waals surface area contributed by atoms with Gasteiger partial charge in [0.15, 0.2) is 0 Å². The van der Waals surface area contributed by atoms with Crippen LogP contribution in [0.15, 0.2) is 22.7 Å². The van der Waals surface area contributed by atoms with E-state index in [1.54, 1.807) is 0 Å². The minimum Gasteiger partial charge on any atom is -0.316 e. The van der Waals surface area contributed by atoms with E-state index in [9.17, 15) is 0 Å². The Kier molecular flexibility index (Phi) is 3.70. The maximum atomic E-state index is 6.20. The molecule has 0 heterocycles. The molecule has 1 nitrogen and oxygen atoms in total. The van der Waals surface area contributed by atoms with Crippen LogP contribution in [0.1, 0.15) is 18.4 Å². The molecule has 0 radical (unpaired) electrons. The molecule has 0 bridgehead atoms. The van der Waals surface area contributed by atoms with Gasteiger partial charge in [-0.2, -0.15) is 0 Å². The Balaban J connectivity index is 2.08. The average molecular weight is 289 g/mol. The molecule has 3 heteroatoms. The van der Waals surface area contributed by atoms with Crippen molar-refractivity contribution in [3.8, 4) is 0 Å². The molecule has 1 saturated carbocycles. The zero-order chi connectivity index (χ0) is 10.8. The van der Waals surface area contributed by atoms with Crippen molar-refractivity contribution in [2.45, 2.75) is 25.3 Å². The fraction of sp³-hybridized carbons (Fsp3) is 0.500. The van der Waals surface area contributed by atoms with Crippen molar-refractivity contribution in [1.82, 2.24) is 5.32 Å². The van der Waals surface area contributed by atoms with Gasteiger partial charge < -0.3 is 5.32 Å². The van der Waals surface area contributed by atoms with E-state index in [1.807, 2.05) is 13.1 Å². The molecule has 2 rings (SSSR count). The van der Waals surface area contributed by atoms with Crippen LogP contribution in [0.25, 0.3) is 0 Å². The SMILES string of the molecule is CNC(Cc1ccc(Br)cc1Cl)C1CC1. The second kappa shape index (κ2) is 4.86. The molecule has 0 amide bonds. The lowest BCUT2D eigenvalue weighted by atomic mass is 10.0. The highest BCUT2D eigenvalue weighted by molar-refractivity contribution is 9.10. The molecule has 1 fully saturated rings. The van der Waals surface area contributed by atoms with Gasteiger partial charge in [-0.15, -0.1) is 0 Å². The van der Waals surface area contributed by atoms with Gasteiger partial charge >= 0.3 is 0 Å². The molecule has 82 valence electrons. The molecule has 1 N–H and O–H groups in total. The van der Waals surface area contributed by atoms with Gasteiger partial charge in [0.05, 0.1) is 0 Å². The van der Waals surface area contributed by atoms with Crippen molar-refractivity contribution < 1.29 is 0 Å². The molecule has 15 heavy (non-hydrogen) atoms. The Morgan fingerprint density at radius 1 is 1.53 bits per heavy atom. The van der Waals surface area contributed by atoms with E-state index in [-0.39, 0.29) is 0 Å². The van der Waals surface area contributed by atoms with E-state index < -0.39 is 0 Å². The molecule has 1 aliphatic carbocycles. The lowest BCUT2D eigenvalue weighted by molar-refractivity contribution is 0.500. The lowest BCUT2D eigenvalue weighted by Crippen LogP contribution is -2.29. The number of hydrogen-bond donors (Lipinski definition) is 1. The number of halogens is 2. The maximum Gasteiger partial charge on any atom is 0.0449 e. The van der Waals surface area contributed by atoms with E-state index in [4.69, 9.17) is 11.6 Å². The number of likely N-dealkylation sites (N-methyl/N-ethyl adjacent to an activating group) is 1. The highest BCUT2D eigenvalue weighted by Crippen LogP contribution is 2.35. The van der Waals surface area contributed by atoms with Gasteiger partial charge in [-0.25, -0.2) is 0 Å². The first-order valence-electron chi connectivity index (χ1n) is 5.32. The maximum absolute atomic E-state index is 6.20. The van der Waals surface area contributed by atoms with E-state index in [1.165, 1.54) is 18.4 Å². The van der Waals surface area contributed by atoms with Gasteiger partial charge in [0.2, 0.25) is 0 Å². The molecular weight excluding hydrogens is 273 g/mol. The summed E-state index contributed by atoms with van der Waals surface area (Å²) in [4.78, 5) is 0. The van der Waals surface area contributed by atoms with Gasteiger partial charge in [0.1, 0.15) is 0 Å². The standard InChI is InChI=1S/C12H15BrClN/c1-15-12(8-2-3-8)6-9-4-5-10(13)7-11(9)14/h4-5,7-8,12,15H,2-3,6H2,1H3. The third-order valence-corrected chi connectivity index (χ3v) is 3.86. The largest absolute Gasteiger partial charge is 0.316 e. The van der Waals surface area contributed by atoms with E-state index in [0.717, 1.165) is 21.8 Å². The summed E-state index contributed by atoms with van der Waals surface area (Å²) in [5.41, 5.74) is 1.24. The predicted octanol–water partition coefficient (Wildman–Crippen LogP) is 3.64. The Bertz CT molecular complexity index is 349. The van der Waals surface area contributed by atoms with Crippen LogP contribution in [0.5, 0.6) is 0 Å². The summed E-state index contributed by atoms with van der Waals surface area (Å²) in [6.07, 6.45) is 3.76. The monoisotopic (exact) mass is 287 g/mol. The quantitative estimate of drug-likeness (QED) is 0.892. The normalized spacial score (nSPS) is 17.8. The topological polar surface area (TPSA) is 12.0 Å². The Labute approximate surface area is 104 Å². The molecule has 0 saturated heterocycles. The fourth-order valence-corrected chi connectivity index (χ4v) is 2.68. The van der Waals surface area contributed by atoms with Crippen LogP contribution in [0, 0.1) is 5.92 Å². The van der Waals surface area contributed by atoms with Crippen LogP contribution < -0.4 is 5.32 Å². The van der Waals surface area contributed by atoms with Crippen LogP contribution in [-0.2, 0) is 6.42 Å². The zero-order valence-electron chi connectivity index (χ0n) is 8.76. The minimum absolute atomic E-state index is 0.587. The summed E-state index contributed by atoms with van der Waals surface area (Å²) in [5.74, 6) is 0.856. The van der Waals surface area contributed by atoms with Gasteiger partial charge in [-0.1, -0.05) is 33.6 Å². The van der Waals surface area contributed by atoms with Crippen molar-refractivity contribution in [2.75, 3.05) is 7.05 Å². The first-order valence-corrected chi connectivity index (χ1v) is 6.49. The highest BCUT2D eigenvalue weighted by atomic mass is 79.9. The molecule has 1 aromatic rings. The molecule has 0 spiro atoms. The van der Waals surface area contributed by atoms with Gasteiger partial charge in [0, 0.05) is 15.5 Å². The van der Waals surface area contributed by atoms with Crippen LogP contribution in [-0.4, -0.2) is 13.1 Å². The van der Waals surface area contributed by atoms with Gasteiger partial charge in [-0.05, 0) is 49.9 Å². The number of nitrogens with one attached hydrogen (secondary N) is 1. The molecule has 1 aromatic carbocycles. The molecule has 1 aliphatic rings. The second-order valence-corrected chi connectivity index (χ2v) is 5.50. The van der Waals surface area contributed by atoms with E-state index in [2.05, 4.69) is 33.4 Å². The summed E-state index contributed by atoms with van der Waals surface area (Å²) < 4.78 is 1.05. The van der Waals surface area contributed by atoms with Gasteiger partial charge in [0.25, 0.3) is 0 Å². The van der Waals surface area contributed by atoms with Crippen molar-refractivity contribution in [3.05, 3.63) is 33.3 Å². The molecule has 0 aromatic heterocycles. The molecular formula is C12H15BrClN. The summed E-state index contributed by atoms with van der Waals surface area (Å²) >= 11 is 9.62. The van der Waals surface area contributed by atoms with Gasteiger partial charge in [-0.3, -0.25) is 0 Å². The smallest absolute Gasteiger partial charge is 0.0449 e. The Morgan fingerprint density at radius 3 is 2.80 bits per heavy atom. The Hall–Kier alpha value is -0.0500. The van der Waals surface area contributed by atoms with Crippen LogP contribution in [0.3, 0.4) is 0 Å². The predicted molar refractivity (Wildman–Crippen MR) is 68.4 cm³/mol. The second-order valence-electron chi connectivity index (χ2n) is 4.17. The third-order valence-electron chi connectivity index (χ3n) is 3.02. The van der Waals surface area contributed by atoms with E-state index in [0.29, 0.717) is 6.04 Å². The summed E-state index contributed by atoms with van der Waals surface area (Å²) in [6, 6.07) is 6.72. The van der Waals surface area contributed by atoms with Crippen LogP contribution >= 0.6 is 27.5 Å². The van der Waals surface area contributed by atoms with Crippen molar-refractivity contribution >= 4 is 27.5 Å². The zero-order valence-corrected chi connectivity index (χ0v) is 11.1. The summed E-state index contributed by atoms with van der Waals surface area (Å²) in [5, 5.41) is 4.25. The number of rotatable bonds is 4. The molecule has 1 atom stereocenters. The van der Waals surface area contributed by atoms with Crippen molar-refractivity contribution in [2.24, 2.45) is 5.92 Å². The number of hydrogen-bond acceptors (Lipinski definition) is 1. The summed E-state index contributed by atoms with van der Waals surface area (Å²) in [7, 11) is 2.04. The van der Waals surface area contributed by atoms with Crippen LogP contribution in [0.2, 0.25) is 5.02 Å². The van der Waals surface area contributed by atoms with Crippen molar-refractivity contribution in [3.63, 3.8) is 0 Å². The van der Waals surface area contributed by atoms with E-state index >= 15 is 0 Å². The van der Waals surface area contributed by atoms with Crippen LogP contribution in [0.4, 0.5) is 0 Å².